The van der Waals surface area contributed by atoms with Gasteiger partial charge in [-0.25, -0.2) is 0 Å². The van der Waals surface area contributed by atoms with Gasteiger partial charge in [-0.15, -0.1) is 0 Å². The van der Waals surface area contributed by atoms with Crippen molar-refractivity contribution in [2.45, 2.75) is 0 Å². The minimum Gasteiger partial charge on any atom is -0.364 e. The number of nitrogens with one attached hydrogen (secondary N) is 1. The third kappa shape index (κ3) is 1.26. The molecule has 3 N–H and O–H groups in total. The summed E-state index contributed by atoms with van der Waals surface area (Å²) in [5.41, 5.74) is 5.62. The highest BCUT2D eigenvalue weighted by atomic mass is 16.1. The molecule has 1 aromatic heterocycles. The Morgan fingerprint density at radius 2 is 2.00 bits per heavy atom. The van der Waals surface area contributed by atoms with Crippen LogP contribution in [0, 0.1) is 0 Å². The zero-order chi connectivity index (χ0) is 10.1. The minimum absolute atomic E-state index is 0.133. The highest BCUT2D eigenvalue weighted by molar-refractivity contribution is 5.93. The standard InChI is InChI=1S/C10H8N2O2/c11-10(14)8-5-9(13)6-3-1-2-4-7(6)12-8/h1-5H,(H2,11,14)(H,12,13). The first-order valence-electron chi connectivity index (χ1n) is 4.10. The predicted molar refractivity (Wildman–Crippen MR) is 53.1 cm³/mol. The summed E-state index contributed by atoms with van der Waals surface area (Å²) in [6, 6.07) is 8.18. The first kappa shape index (κ1) is 8.50. The maximum absolute atomic E-state index is 11.5. The number of H-pyrrole nitrogens is 1. The lowest BCUT2D eigenvalue weighted by molar-refractivity contribution is 0.0996. The fraction of sp³-hybridized carbons (Fsp3) is 0. The normalized spacial score (nSPS) is 10.3. The van der Waals surface area contributed by atoms with E-state index in [1.165, 1.54) is 6.07 Å². The van der Waals surface area contributed by atoms with Gasteiger partial charge in [0, 0.05) is 17.0 Å². The Labute approximate surface area is 79.4 Å². The number of hydrogen-bond donors (Lipinski definition) is 2. The molecule has 14 heavy (non-hydrogen) atoms. The summed E-state index contributed by atoms with van der Waals surface area (Å²) in [6.07, 6.45) is 0. The summed E-state index contributed by atoms with van der Waals surface area (Å²) in [5, 5.41) is 0.553. The van der Waals surface area contributed by atoms with Gasteiger partial charge in [0.2, 0.25) is 0 Å². The average Bonchev–Trinajstić information content (AvgIpc) is 2.17. The molecular formula is C10H8N2O2. The molecule has 4 heteroatoms. The van der Waals surface area contributed by atoms with Crippen molar-refractivity contribution >= 4 is 16.8 Å². The highest BCUT2D eigenvalue weighted by Gasteiger charge is 2.04. The van der Waals surface area contributed by atoms with Crippen molar-refractivity contribution in [1.82, 2.24) is 4.98 Å². The van der Waals surface area contributed by atoms with Crippen LogP contribution in [0.2, 0.25) is 0 Å². The van der Waals surface area contributed by atoms with Crippen LogP contribution >= 0.6 is 0 Å². The van der Waals surface area contributed by atoms with E-state index in [2.05, 4.69) is 4.98 Å². The number of amides is 1. The number of carbonyl (C=O) groups excluding carboxylic acids is 1. The van der Waals surface area contributed by atoms with Crippen LogP contribution in [0.3, 0.4) is 0 Å². The van der Waals surface area contributed by atoms with Crippen molar-refractivity contribution in [3.05, 3.63) is 46.2 Å². The fourth-order valence-corrected chi connectivity index (χ4v) is 1.33. The molecule has 0 saturated carbocycles. The van der Waals surface area contributed by atoms with Gasteiger partial charge in [-0.1, -0.05) is 12.1 Å². The van der Waals surface area contributed by atoms with Gasteiger partial charge < -0.3 is 10.7 Å². The third-order valence-electron chi connectivity index (χ3n) is 2.00. The molecule has 0 atom stereocenters. The molecule has 2 aromatic rings. The lowest BCUT2D eigenvalue weighted by Gasteiger charge is -1.99. The van der Waals surface area contributed by atoms with Crippen LogP contribution < -0.4 is 11.2 Å². The Morgan fingerprint density at radius 3 is 2.71 bits per heavy atom. The van der Waals surface area contributed by atoms with Crippen LogP contribution in [-0.2, 0) is 0 Å². The maximum Gasteiger partial charge on any atom is 0.265 e. The molecule has 0 unspecified atom stereocenters. The summed E-state index contributed by atoms with van der Waals surface area (Å²) in [4.78, 5) is 25.1. The minimum atomic E-state index is -0.632. The number of para-hydroxylation sites is 1. The molecule has 1 heterocycles. The van der Waals surface area contributed by atoms with E-state index in [0.717, 1.165) is 0 Å². The lowest BCUT2D eigenvalue weighted by atomic mass is 10.2. The van der Waals surface area contributed by atoms with E-state index in [9.17, 15) is 9.59 Å². The van der Waals surface area contributed by atoms with Gasteiger partial charge in [-0.2, -0.15) is 0 Å². The van der Waals surface area contributed by atoms with Gasteiger partial charge in [-0.05, 0) is 12.1 Å². The number of benzene rings is 1. The summed E-state index contributed by atoms with van der Waals surface area (Å²) in [5.74, 6) is -0.632. The summed E-state index contributed by atoms with van der Waals surface area (Å²) < 4.78 is 0. The van der Waals surface area contributed by atoms with Crippen LogP contribution in [0.1, 0.15) is 10.5 Å². The largest absolute Gasteiger partial charge is 0.364 e. The molecule has 1 amide bonds. The van der Waals surface area contributed by atoms with Crippen molar-refractivity contribution < 1.29 is 4.79 Å². The highest BCUT2D eigenvalue weighted by Crippen LogP contribution is 2.06. The number of fused-ring (bicyclic) bond motifs is 1. The molecule has 0 spiro atoms. The molecular weight excluding hydrogens is 180 g/mol. The van der Waals surface area contributed by atoms with Crippen LogP contribution in [0.25, 0.3) is 10.9 Å². The third-order valence-corrected chi connectivity index (χ3v) is 2.00. The first-order valence-corrected chi connectivity index (χ1v) is 4.10. The fourth-order valence-electron chi connectivity index (χ4n) is 1.33. The van der Waals surface area contributed by atoms with Crippen molar-refractivity contribution in [2.75, 3.05) is 0 Å². The van der Waals surface area contributed by atoms with Crippen LogP contribution in [0.15, 0.2) is 35.1 Å². The zero-order valence-corrected chi connectivity index (χ0v) is 7.28. The van der Waals surface area contributed by atoms with Crippen molar-refractivity contribution in [2.24, 2.45) is 5.73 Å². The number of hydrogen-bond acceptors (Lipinski definition) is 2. The van der Waals surface area contributed by atoms with Crippen LogP contribution in [-0.4, -0.2) is 10.9 Å². The second-order valence-electron chi connectivity index (χ2n) is 2.96. The number of nitrogens with two attached hydrogens (primary N) is 1. The zero-order valence-electron chi connectivity index (χ0n) is 7.28. The second kappa shape index (κ2) is 2.99. The smallest absolute Gasteiger partial charge is 0.265 e. The lowest BCUT2D eigenvalue weighted by Crippen LogP contribution is -2.16. The summed E-state index contributed by atoms with van der Waals surface area (Å²) in [6.45, 7) is 0. The van der Waals surface area contributed by atoms with Gasteiger partial charge in [0.25, 0.3) is 5.91 Å². The van der Waals surface area contributed by atoms with E-state index in [-0.39, 0.29) is 11.1 Å². The molecule has 0 aliphatic carbocycles. The molecule has 70 valence electrons. The van der Waals surface area contributed by atoms with Crippen molar-refractivity contribution in [3.8, 4) is 0 Å². The SMILES string of the molecule is NC(=O)c1cc(=O)c2ccccc2[nH]1. The van der Waals surface area contributed by atoms with Crippen molar-refractivity contribution in [3.63, 3.8) is 0 Å². The van der Waals surface area contributed by atoms with E-state index in [0.29, 0.717) is 10.9 Å². The van der Waals surface area contributed by atoms with Crippen LogP contribution in [0.4, 0.5) is 0 Å². The summed E-state index contributed by atoms with van der Waals surface area (Å²) in [7, 11) is 0. The second-order valence-corrected chi connectivity index (χ2v) is 2.96. The summed E-state index contributed by atoms with van der Waals surface area (Å²) >= 11 is 0. The number of carbonyl (C=O) groups is 1. The number of aromatic amines is 1. The Hall–Kier alpha value is -2.10. The van der Waals surface area contributed by atoms with E-state index < -0.39 is 5.91 Å². The number of rotatable bonds is 1. The first-order chi connectivity index (χ1) is 6.68. The molecule has 4 nitrogen and oxygen atoms in total. The number of pyridine rings is 1. The molecule has 0 fully saturated rings. The van der Waals surface area contributed by atoms with Gasteiger partial charge in [0.1, 0.15) is 5.69 Å². The average molecular weight is 188 g/mol. The molecule has 0 radical (unpaired) electrons. The quantitative estimate of drug-likeness (QED) is 0.688. The molecule has 0 aliphatic rings. The Kier molecular flexibility index (Phi) is 1.81. The topological polar surface area (TPSA) is 76.0 Å². The molecule has 0 saturated heterocycles. The number of primary amides is 1. The van der Waals surface area contributed by atoms with Crippen LogP contribution in [0.5, 0.6) is 0 Å². The van der Waals surface area contributed by atoms with Gasteiger partial charge in [-0.3, -0.25) is 9.59 Å². The van der Waals surface area contributed by atoms with E-state index in [4.69, 9.17) is 5.73 Å². The Bertz CT molecular complexity index is 557. The Balaban J connectivity index is 2.86. The van der Waals surface area contributed by atoms with Crippen molar-refractivity contribution in [1.29, 1.82) is 0 Å². The molecule has 0 aliphatic heterocycles. The molecule has 2 rings (SSSR count). The molecule has 0 bridgehead atoms. The molecule has 1 aromatic carbocycles. The predicted octanol–water partition coefficient (Wildman–Crippen LogP) is 0.627. The monoisotopic (exact) mass is 188 g/mol. The van der Waals surface area contributed by atoms with Gasteiger partial charge >= 0.3 is 0 Å². The van der Waals surface area contributed by atoms with E-state index >= 15 is 0 Å². The number of aromatic nitrogens is 1. The van der Waals surface area contributed by atoms with E-state index in [1.807, 2.05) is 0 Å². The van der Waals surface area contributed by atoms with Gasteiger partial charge in [0.15, 0.2) is 5.43 Å². The van der Waals surface area contributed by atoms with E-state index in [1.54, 1.807) is 24.3 Å². The maximum atomic E-state index is 11.5. The van der Waals surface area contributed by atoms with Gasteiger partial charge in [0.05, 0.1) is 0 Å². The Morgan fingerprint density at radius 1 is 1.29 bits per heavy atom.